The third-order valence-electron chi connectivity index (χ3n) is 4.53. The fourth-order valence-corrected chi connectivity index (χ4v) is 6.11. The minimum atomic E-state index is -1.34. The first-order valence-corrected chi connectivity index (χ1v) is 12.0. The number of hydrogen-bond donors (Lipinski definition) is 0. The SMILES string of the molecule is CCOC(=O)C(CC(CC1(C)CCCC(=O)C1)SC(=S)OCC)S(C)=O. The summed E-state index contributed by atoms with van der Waals surface area (Å²) >= 11 is 6.67. The Morgan fingerprint density at radius 1 is 1.35 bits per heavy atom. The molecule has 150 valence electrons. The number of thioether (sulfide) groups is 1. The molecule has 0 aromatic carbocycles. The molecule has 0 saturated heterocycles. The van der Waals surface area contributed by atoms with Crippen LogP contribution in [0.25, 0.3) is 0 Å². The van der Waals surface area contributed by atoms with Gasteiger partial charge in [0.1, 0.15) is 11.0 Å². The Morgan fingerprint density at radius 3 is 2.54 bits per heavy atom. The molecule has 5 nitrogen and oxygen atoms in total. The van der Waals surface area contributed by atoms with E-state index in [4.69, 9.17) is 21.7 Å². The standard InChI is InChI=1S/C18H30O5S3/c1-5-22-16(20)15(26(4)21)10-14(25-17(24)23-6-2)12-18(3)9-7-8-13(19)11-18/h14-15H,5-12H2,1-4H3. The Bertz CT molecular complexity index is 537. The molecule has 1 aliphatic carbocycles. The van der Waals surface area contributed by atoms with Gasteiger partial charge in [-0.2, -0.15) is 0 Å². The van der Waals surface area contributed by atoms with E-state index in [-0.39, 0.29) is 23.1 Å². The van der Waals surface area contributed by atoms with Crippen LogP contribution in [0.3, 0.4) is 0 Å². The highest BCUT2D eigenvalue weighted by atomic mass is 32.2. The summed E-state index contributed by atoms with van der Waals surface area (Å²) in [5.74, 6) is -0.151. The van der Waals surface area contributed by atoms with Gasteiger partial charge in [0.15, 0.2) is 0 Å². The number of esters is 1. The molecule has 0 radical (unpaired) electrons. The van der Waals surface area contributed by atoms with Crippen molar-refractivity contribution in [1.29, 1.82) is 0 Å². The summed E-state index contributed by atoms with van der Waals surface area (Å²) in [6.07, 6.45) is 5.70. The van der Waals surface area contributed by atoms with Gasteiger partial charge in [0.25, 0.3) is 0 Å². The Kier molecular flexibility index (Phi) is 10.3. The van der Waals surface area contributed by atoms with Gasteiger partial charge in [-0.15, -0.1) is 0 Å². The summed E-state index contributed by atoms with van der Waals surface area (Å²) in [4.78, 5) is 24.1. The minimum absolute atomic E-state index is 0.0525. The molecular formula is C18H30O5S3. The van der Waals surface area contributed by atoms with Crippen molar-refractivity contribution in [3.63, 3.8) is 0 Å². The second kappa shape index (κ2) is 11.4. The number of carbonyl (C=O) groups excluding carboxylic acids is 2. The molecule has 0 aromatic rings. The molecule has 0 aliphatic heterocycles. The molecule has 1 rings (SSSR count). The first kappa shape index (κ1) is 23.6. The molecule has 1 saturated carbocycles. The van der Waals surface area contributed by atoms with E-state index in [2.05, 4.69) is 6.92 Å². The van der Waals surface area contributed by atoms with Crippen LogP contribution in [0.15, 0.2) is 0 Å². The molecule has 1 aliphatic rings. The zero-order chi connectivity index (χ0) is 19.7. The van der Waals surface area contributed by atoms with Crippen LogP contribution in [0.1, 0.15) is 59.3 Å². The number of ketones is 1. The van der Waals surface area contributed by atoms with Gasteiger partial charge < -0.3 is 9.47 Å². The lowest BCUT2D eigenvalue weighted by Crippen LogP contribution is -2.35. The highest BCUT2D eigenvalue weighted by Crippen LogP contribution is 2.42. The molecule has 0 amide bonds. The molecule has 8 heteroatoms. The number of thiocarbonyl (C=S) groups is 1. The zero-order valence-corrected chi connectivity index (χ0v) is 18.5. The topological polar surface area (TPSA) is 69.7 Å². The van der Waals surface area contributed by atoms with E-state index in [0.29, 0.717) is 30.3 Å². The number of hydrogen-bond acceptors (Lipinski definition) is 7. The lowest BCUT2D eigenvalue weighted by Gasteiger charge is -2.36. The lowest BCUT2D eigenvalue weighted by atomic mass is 9.72. The van der Waals surface area contributed by atoms with Crippen molar-refractivity contribution >= 4 is 50.9 Å². The van der Waals surface area contributed by atoms with Crippen LogP contribution >= 0.6 is 24.0 Å². The van der Waals surface area contributed by atoms with E-state index in [0.717, 1.165) is 19.3 Å². The van der Waals surface area contributed by atoms with Crippen molar-refractivity contribution < 1.29 is 23.3 Å². The fraction of sp³-hybridized carbons (Fsp3) is 0.833. The summed E-state index contributed by atoms with van der Waals surface area (Å²) in [5, 5.41) is -0.747. The molecular weight excluding hydrogens is 392 g/mol. The molecule has 0 N–H and O–H groups in total. The Labute approximate surface area is 168 Å². The summed E-state index contributed by atoms with van der Waals surface area (Å²) in [6.45, 7) is 6.46. The van der Waals surface area contributed by atoms with E-state index >= 15 is 0 Å². The van der Waals surface area contributed by atoms with E-state index in [1.807, 2.05) is 6.92 Å². The van der Waals surface area contributed by atoms with Gasteiger partial charge in [0.2, 0.25) is 4.38 Å². The Hall–Kier alpha value is -0.470. The normalized spacial score (nSPS) is 23.8. The Morgan fingerprint density at radius 2 is 2.00 bits per heavy atom. The van der Waals surface area contributed by atoms with Gasteiger partial charge in [-0.1, -0.05) is 18.7 Å². The van der Waals surface area contributed by atoms with Crippen LogP contribution in [0.2, 0.25) is 0 Å². The predicted octanol–water partition coefficient (Wildman–Crippen LogP) is 3.65. The molecule has 4 atom stereocenters. The second-order valence-corrected chi connectivity index (χ2v) is 10.5. The summed E-state index contributed by atoms with van der Waals surface area (Å²) < 4.78 is 23.0. The predicted molar refractivity (Wildman–Crippen MR) is 111 cm³/mol. The van der Waals surface area contributed by atoms with Crippen LogP contribution in [0, 0.1) is 5.41 Å². The largest absolute Gasteiger partial charge is 0.479 e. The molecule has 1 fully saturated rings. The monoisotopic (exact) mass is 422 g/mol. The smallest absolute Gasteiger partial charge is 0.321 e. The van der Waals surface area contributed by atoms with Crippen molar-refractivity contribution in [3.05, 3.63) is 0 Å². The van der Waals surface area contributed by atoms with Crippen molar-refractivity contribution in [1.82, 2.24) is 0 Å². The van der Waals surface area contributed by atoms with Crippen LogP contribution in [0.5, 0.6) is 0 Å². The quantitative estimate of drug-likeness (QED) is 0.415. The van der Waals surface area contributed by atoms with Crippen LogP contribution in [-0.4, -0.2) is 50.3 Å². The van der Waals surface area contributed by atoms with Gasteiger partial charge in [0.05, 0.1) is 13.2 Å². The zero-order valence-electron chi connectivity index (χ0n) is 16.1. The summed E-state index contributed by atoms with van der Waals surface area (Å²) in [7, 11) is -1.34. The number of rotatable bonds is 9. The minimum Gasteiger partial charge on any atom is -0.479 e. The molecule has 0 heterocycles. The van der Waals surface area contributed by atoms with Crippen LogP contribution in [-0.2, 0) is 29.9 Å². The molecule has 26 heavy (non-hydrogen) atoms. The molecule has 4 unspecified atom stereocenters. The van der Waals surface area contributed by atoms with E-state index in [1.165, 1.54) is 18.0 Å². The van der Waals surface area contributed by atoms with Gasteiger partial charge in [0, 0.05) is 35.1 Å². The van der Waals surface area contributed by atoms with Gasteiger partial charge >= 0.3 is 5.97 Å². The number of ether oxygens (including phenoxy) is 2. The van der Waals surface area contributed by atoms with Gasteiger partial charge in [-0.3, -0.25) is 13.8 Å². The first-order valence-electron chi connectivity index (χ1n) is 9.04. The number of carbonyl (C=O) groups is 2. The van der Waals surface area contributed by atoms with E-state index in [9.17, 15) is 13.8 Å². The average molecular weight is 423 g/mol. The highest BCUT2D eigenvalue weighted by molar-refractivity contribution is 8.23. The number of Topliss-reactive ketones (excluding diaryl/α,β-unsaturated/α-hetero) is 1. The van der Waals surface area contributed by atoms with Crippen molar-refractivity contribution in [2.24, 2.45) is 5.41 Å². The van der Waals surface area contributed by atoms with E-state index < -0.39 is 22.0 Å². The maximum atomic E-state index is 12.2. The maximum absolute atomic E-state index is 12.2. The summed E-state index contributed by atoms with van der Waals surface area (Å²) in [6, 6.07) is 0. The molecule has 0 bridgehead atoms. The second-order valence-electron chi connectivity index (χ2n) is 6.98. The van der Waals surface area contributed by atoms with Gasteiger partial charge in [-0.25, -0.2) is 0 Å². The third-order valence-corrected chi connectivity index (χ3v) is 7.13. The average Bonchev–Trinajstić information content (AvgIpc) is 2.51. The van der Waals surface area contributed by atoms with Crippen LogP contribution in [0.4, 0.5) is 0 Å². The third kappa shape index (κ3) is 8.05. The van der Waals surface area contributed by atoms with Gasteiger partial charge in [-0.05, 0) is 57.2 Å². The van der Waals surface area contributed by atoms with Crippen molar-refractivity contribution in [3.8, 4) is 0 Å². The highest BCUT2D eigenvalue weighted by Gasteiger charge is 2.37. The Balaban J connectivity index is 2.91. The molecule has 0 aromatic heterocycles. The molecule has 0 spiro atoms. The maximum Gasteiger partial charge on any atom is 0.321 e. The lowest BCUT2D eigenvalue weighted by molar-refractivity contribution is -0.142. The summed E-state index contributed by atoms with van der Waals surface area (Å²) in [5.41, 5.74) is -0.122. The van der Waals surface area contributed by atoms with Crippen LogP contribution < -0.4 is 0 Å². The van der Waals surface area contributed by atoms with E-state index in [1.54, 1.807) is 6.92 Å². The fourth-order valence-electron chi connectivity index (χ4n) is 3.39. The first-order chi connectivity index (χ1) is 12.2. The van der Waals surface area contributed by atoms with Crippen molar-refractivity contribution in [2.45, 2.75) is 69.8 Å². The van der Waals surface area contributed by atoms with Crippen molar-refractivity contribution in [2.75, 3.05) is 19.5 Å².